The first-order valence-electron chi connectivity index (χ1n) is 7.90. The molecular formula is C19H17NOS. The second-order valence-electron chi connectivity index (χ2n) is 6.35. The quantitative estimate of drug-likeness (QED) is 0.698. The summed E-state index contributed by atoms with van der Waals surface area (Å²) in [6, 6.07) is 19.4. The van der Waals surface area contributed by atoms with Crippen LogP contribution in [0.4, 0.5) is 0 Å². The van der Waals surface area contributed by atoms with E-state index in [1.807, 2.05) is 11.3 Å². The van der Waals surface area contributed by atoms with Crippen molar-refractivity contribution >= 4 is 21.6 Å². The third kappa shape index (κ3) is 1.79. The molecule has 1 saturated carbocycles. The van der Waals surface area contributed by atoms with Gasteiger partial charge in [-0.15, -0.1) is 11.3 Å². The first kappa shape index (κ1) is 12.8. The summed E-state index contributed by atoms with van der Waals surface area (Å²) in [5, 5.41) is 1.29. The van der Waals surface area contributed by atoms with Crippen LogP contribution >= 0.6 is 11.3 Å². The summed E-state index contributed by atoms with van der Waals surface area (Å²) in [7, 11) is 0. The van der Waals surface area contributed by atoms with Gasteiger partial charge in [0.05, 0.1) is 28.4 Å². The van der Waals surface area contributed by atoms with Gasteiger partial charge in [0.1, 0.15) is 0 Å². The lowest BCUT2D eigenvalue weighted by Gasteiger charge is -2.47. The van der Waals surface area contributed by atoms with Crippen molar-refractivity contribution in [2.45, 2.75) is 11.8 Å². The fourth-order valence-electron chi connectivity index (χ4n) is 4.21. The number of hydrogen-bond acceptors (Lipinski definition) is 3. The van der Waals surface area contributed by atoms with Crippen molar-refractivity contribution in [3.63, 3.8) is 0 Å². The summed E-state index contributed by atoms with van der Waals surface area (Å²) < 4.78 is 7.08. The van der Waals surface area contributed by atoms with Gasteiger partial charge in [-0.1, -0.05) is 42.5 Å². The van der Waals surface area contributed by atoms with Gasteiger partial charge in [-0.05, 0) is 35.4 Å². The molecule has 1 aromatic heterocycles. The average Bonchev–Trinajstić information content (AvgIpc) is 3.13. The predicted molar refractivity (Wildman–Crippen MR) is 89.3 cm³/mol. The molecule has 4 atom stereocenters. The minimum absolute atomic E-state index is 0.521. The van der Waals surface area contributed by atoms with E-state index in [2.05, 4.69) is 54.6 Å². The van der Waals surface area contributed by atoms with E-state index in [0.717, 1.165) is 18.7 Å². The van der Waals surface area contributed by atoms with Crippen LogP contribution in [0.25, 0.3) is 10.2 Å². The highest BCUT2D eigenvalue weighted by atomic mass is 32.1. The third-order valence-electron chi connectivity index (χ3n) is 5.26. The molecule has 1 aliphatic carbocycles. The van der Waals surface area contributed by atoms with Crippen LogP contribution in [0.1, 0.15) is 22.4 Å². The van der Waals surface area contributed by atoms with Crippen molar-refractivity contribution in [2.75, 3.05) is 13.2 Å². The molecule has 0 N–H and O–H groups in total. The van der Waals surface area contributed by atoms with Gasteiger partial charge in [0, 0.05) is 5.92 Å². The van der Waals surface area contributed by atoms with Crippen LogP contribution < -0.4 is 0 Å². The fraction of sp³-hybridized carbons (Fsp3) is 0.316. The average molecular weight is 307 g/mol. The van der Waals surface area contributed by atoms with E-state index >= 15 is 0 Å². The van der Waals surface area contributed by atoms with Crippen molar-refractivity contribution in [3.8, 4) is 0 Å². The summed E-state index contributed by atoms with van der Waals surface area (Å²) >= 11 is 1.86. The molecule has 2 aromatic carbocycles. The summed E-state index contributed by atoms with van der Waals surface area (Å²) in [4.78, 5) is 4.93. The first-order valence-corrected chi connectivity index (χ1v) is 8.71. The Hall–Kier alpha value is -1.71. The molecule has 2 aliphatic rings. The van der Waals surface area contributed by atoms with Gasteiger partial charge in [-0.2, -0.15) is 0 Å². The molecule has 1 saturated heterocycles. The van der Waals surface area contributed by atoms with Crippen LogP contribution in [-0.4, -0.2) is 18.2 Å². The smallest absolute Gasteiger partial charge is 0.0979 e. The van der Waals surface area contributed by atoms with Crippen LogP contribution in [-0.2, 0) is 4.74 Å². The van der Waals surface area contributed by atoms with Crippen molar-refractivity contribution in [2.24, 2.45) is 11.8 Å². The zero-order valence-electron chi connectivity index (χ0n) is 12.2. The molecule has 110 valence electrons. The first-order chi connectivity index (χ1) is 10.9. The number of thiazole rings is 1. The zero-order valence-corrected chi connectivity index (χ0v) is 13.0. The highest BCUT2D eigenvalue weighted by Crippen LogP contribution is 2.60. The van der Waals surface area contributed by atoms with Gasteiger partial charge in [-0.25, -0.2) is 4.98 Å². The monoisotopic (exact) mass is 307 g/mol. The maximum atomic E-state index is 5.79. The molecule has 2 fully saturated rings. The SMILES string of the molecule is c1ccc(C2C(c3nc4ccccc4s3)[C@H]3COC[C@@H]23)cc1. The molecule has 22 heavy (non-hydrogen) atoms. The summed E-state index contributed by atoms with van der Waals surface area (Å²) in [5.74, 6) is 2.40. The van der Waals surface area contributed by atoms with E-state index in [1.54, 1.807) is 0 Å². The summed E-state index contributed by atoms with van der Waals surface area (Å²) in [5.41, 5.74) is 2.58. The van der Waals surface area contributed by atoms with E-state index < -0.39 is 0 Å². The van der Waals surface area contributed by atoms with Gasteiger partial charge in [0.25, 0.3) is 0 Å². The van der Waals surface area contributed by atoms with Crippen LogP contribution in [0, 0.1) is 11.8 Å². The van der Waals surface area contributed by atoms with Crippen LogP contribution in [0.15, 0.2) is 54.6 Å². The van der Waals surface area contributed by atoms with E-state index in [9.17, 15) is 0 Å². The van der Waals surface area contributed by atoms with Gasteiger partial charge in [-0.3, -0.25) is 0 Å². The lowest BCUT2D eigenvalue weighted by atomic mass is 9.56. The molecule has 0 radical (unpaired) electrons. The lowest BCUT2D eigenvalue weighted by Crippen LogP contribution is -2.42. The van der Waals surface area contributed by atoms with E-state index in [1.165, 1.54) is 15.3 Å². The minimum atomic E-state index is 0.521. The highest BCUT2D eigenvalue weighted by Gasteiger charge is 2.55. The van der Waals surface area contributed by atoms with Crippen molar-refractivity contribution < 1.29 is 4.74 Å². The lowest BCUT2D eigenvalue weighted by molar-refractivity contribution is 0.142. The summed E-state index contributed by atoms with van der Waals surface area (Å²) in [6.45, 7) is 1.81. The number of rotatable bonds is 2. The number of aromatic nitrogens is 1. The highest BCUT2D eigenvalue weighted by molar-refractivity contribution is 7.18. The van der Waals surface area contributed by atoms with Gasteiger partial charge in [0.15, 0.2) is 0 Å². The number of fused-ring (bicyclic) bond motifs is 2. The predicted octanol–water partition coefficient (Wildman–Crippen LogP) is 4.44. The fourth-order valence-corrected chi connectivity index (χ4v) is 5.41. The van der Waals surface area contributed by atoms with Crippen LogP contribution in [0.5, 0.6) is 0 Å². The maximum Gasteiger partial charge on any atom is 0.0979 e. The molecule has 0 spiro atoms. The van der Waals surface area contributed by atoms with Crippen LogP contribution in [0.3, 0.4) is 0 Å². The molecule has 3 aromatic rings. The third-order valence-corrected chi connectivity index (χ3v) is 6.40. The zero-order chi connectivity index (χ0) is 14.5. The Labute approximate surface area is 133 Å². The molecular weight excluding hydrogens is 290 g/mol. The number of para-hydroxylation sites is 1. The van der Waals surface area contributed by atoms with Crippen molar-refractivity contribution in [3.05, 3.63) is 65.2 Å². The number of nitrogens with zero attached hydrogens (tertiary/aromatic N) is 1. The molecule has 0 amide bonds. The largest absolute Gasteiger partial charge is 0.381 e. The second kappa shape index (κ2) is 4.90. The molecule has 3 heteroatoms. The van der Waals surface area contributed by atoms with Crippen molar-refractivity contribution in [1.29, 1.82) is 0 Å². The normalized spacial score (nSPS) is 30.2. The molecule has 2 nitrogen and oxygen atoms in total. The Morgan fingerprint density at radius 1 is 0.864 bits per heavy atom. The molecule has 0 bridgehead atoms. The van der Waals surface area contributed by atoms with Gasteiger partial charge < -0.3 is 4.74 Å². The maximum absolute atomic E-state index is 5.79. The topological polar surface area (TPSA) is 22.1 Å². The van der Waals surface area contributed by atoms with Crippen LogP contribution in [0.2, 0.25) is 0 Å². The van der Waals surface area contributed by atoms with Gasteiger partial charge >= 0.3 is 0 Å². The van der Waals surface area contributed by atoms with Crippen molar-refractivity contribution in [1.82, 2.24) is 4.98 Å². The second-order valence-corrected chi connectivity index (χ2v) is 7.41. The van der Waals surface area contributed by atoms with E-state index in [4.69, 9.17) is 9.72 Å². The Bertz CT molecular complexity index is 779. The molecule has 5 rings (SSSR count). The molecule has 2 unspecified atom stereocenters. The number of ether oxygens (including phenoxy) is 1. The van der Waals surface area contributed by atoms with E-state index in [0.29, 0.717) is 23.7 Å². The number of benzene rings is 2. The Morgan fingerprint density at radius 2 is 1.59 bits per heavy atom. The van der Waals surface area contributed by atoms with E-state index in [-0.39, 0.29) is 0 Å². The number of hydrogen-bond donors (Lipinski definition) is 0. The Kier molecular flexibility index (Phi) is 2.85. The standard InChI is InChI=1S/C19H17NOS/c1-2-6-12(7-3-1)17-13-10-21-11-14(13)18(17)19-20-15-8-4-5-9-16(15)22-19/h1-9,13-14,17-18H,10-11H2/t13-,14+,17?,18?/m1/s1. The minimum Gasteiger partial charge on any atom is -0.381 e. The Balaban J connectivity index is 1.59. The Morgan fingerprint density at radius 3 is 2.41 bits per heavy atom. The molecule has 2 heterocycles. The van der Waals surface area contributed by atoms with Gasteiger partial charge in [0.2, 0.25) is 0 Å². The molecule has 1 aliphatic heterocycles. The summed E-state index contributed by atoms with van der Waals surface area (Å²) in [6.07, 6.45) is 0.